The molecule has 0 radical (unpaired) electrons. The van der Waals surface area contributed by atoms with Crippen LogP contribution in [0.4, 0.5) is 0 Å². The number of carbonyl (C=O) groups excluding carboxylic acids is 1. The molecule has 8 nitrogen and oxygen atoms in total. The van der Waals surface area contributed by atoms with E-state index in [1.165, 1.54) is 0 Å². The molecule has 1 unspecified atom stereocenters. The van der Waals surface area contributed by atoms with Crippen LogP contribution in [0.1, 0.15) is 61.5 Å². The average molecular weight is 526 g/mol. The highest BCUT2D eigenvalue weighted by molar-refractivity contribution is 5.96. The molecule has 0 bridgehead atoms. The minimum atomic E-state index is -0.610. The first kappa shape index (κ1) is 30.8. The SMILES string of the molecule is CCNC(=O)c1cc(OC)c(OC)cc1CCNCCCCC(C#N)(c1ccc(OC)c(OC)c1)C(C)C. The normalized spacial score (nSPS) is 12.4. The molecule has 0 fully saturated rings. The van der Waals surface area contributed by atoms with Crippen LogP contribution in [0.2, 0.25) is 0 Å². The fourth-order valence-electron chi connectivity index (χ4n) is 4.73. The quantitative estimate of drug-likeness (QED) is 0.301. The first-order valence-corrected chi connectivity index (χ1v) is 13.2. The molecule has 1 amide bonds. The molecule has 0 aliphatic heterocycles. The third-order valence-corrected chi connectivity index (χ3v) is 7.02. The highest BCUT2D eigenvalue weighted by Gasteiger charge is 2.36. The van der Waals surface area contributed by atoms with Crippen LogP contribution in [0, 0.1) is 17.2 Å². The lowest BCUT2D eigenvalue weighted by molar-refractivity contribution is 0.0954. The van der Waals surface area contributed by atoms with Crippen LogP contribution in [0.25, 0.3) is 0 Å². The van der Waals surface area contributed by atoms with E-state index in [1.807, 2.05) is 31.2 Å². The van der Waals surface area contributed by atoms with Gasteiger partial charge in [0.1, 0.15) is 0 Å². The predicted octanol–water partition coefficient (Wildman–Crippen LogP) is 4.89. The molecular formula is C30H43N3O5. The number of methoxy groups -OCH3 is 4. The molecule has 2 rings (SSSR count). The number of unbranched alkanes of at least 4 members (excludes halogenated alkanes) is 1. The number of hydrogen-bond donors (Lipinski definition) is 2. The number of amides is 1. The minimum absolute atomic E-state index is 0.125. The number of rotatable bonds is 16. The zero-order chi connectivity index (χ0) is 28.1. The number of nitriles is 1. The summed E-state index contributed by atoms with van der Waals surface area (Å²) in [5.41, 5.74) is 1.84. The molecule has 0 aliphatic carbocycles. The van der Waals surface area contributed by atoms with Crippen molar-refractivity contribution in [1.82, 2.24) is 10.6 Å². The maximum atomic E-state index is 12.6. The summed E-state index contributed by atoms with van der Waals surface area (Å²) < 4.78 is 21.7. The first-order chi connectivity index (χ1) is 18.3. The van der Waals surface area contributed by atoms with Gasteiger partial charge >= 0.3 is 0 Å². The van der Waals surface area contributed by atoms with Gasteiger partial charge in [-0.05, 0) is 80.6 Å². The van der Waals surface area contributed by atoms with E-state index >= 15 is 0 Å². The minimum Gasteiger partial charge on any atom is -0.493 e. The molecular weight excluding hydrogens is 482 g/mol. The van der Waals surface area contributed by atoms with Crippen LogP contribution in [0.5, 0.6) is 23.0 Å². The van der Waals surface area contributed by atoms with Crippen molar-refractivity contribution in [1.29, 1.82) is 5.26 Å². The molecule has 38 heavy (non-hydrogen) atoms. The Bertz CT molecular complexity index is 1100. The molecule has 0 spiro atoms. The lowest BCUT2D eigenvalue weighted by Crippen LogP contribution is -2.31. The third-order valence-electron chi connectivity index (χ3n) is 7.02. The largest absolute Gasteiger partial charge is 0.493 e. The smallest absolute Gasteiger partial charge is 0.251 e. The number of nitrogens with zero attached hydrogens (tertiary/aromatic N) is 1. The third kappa shape index (κ3) is 7.32. The van der Waals surface area contributed by atoms with Crippen molar-refractivity contribution in [2.24, 2.45) is 5.92 Å². The van der Waals surface area contributed by atoms with Gasteiger partial charge in [0, 0.05) is 12.1 Å². The molecule has 2 aromatic rings. The Balaban J connectivity index is 1.99. The summed E-state index contributed by atoms with van der Waals surface area (Å²) in [5, 5.41) is 16.6. The first-order valence-electron chi connectivity index (χ1n) is 13.2. The van der Waals surface area contributed by atoms with Crippen LogP contribution < -0.4 is 29.6 Å². The molecule has 2 N–H and O–H groups in total. The Labute approximate surface area is 227 Å². The van der Waals surface area contributed by atoms with E-state index in [1.54, 1.807) is 34.5 Å². The maximum absolute atomic E-state index is 12.6. The van der Waals surface area contributed by atoms with Crippen molar-refractivity contribution < 1.29 is 23.7 Å². The van der Waals surface area contributed by atoms with E-state index in [2.05, 4.69) is 30.6 Å². The van der Waals surface area contributed by atoms with Gasteiger partial charge < -0.3 is 29.6 Å². The van der Waals surface area contributed by atoms with Crippen molar-refractivity contribution in [3.63, 3.8) is 0 Å². The zero-order valence-corrected chi connectivity index (χ0v) is 23.9. The van der Waals surface area contributed by atoms with Gasteiger partial charge in [0.2, 0.25) is 0 Å². The number of ether oxygens (including phenoxy) is 4. The summed E-state index contributed by atoms with van der Waals surface area (Å²) in [7, 11) is 6.37. The fourth-order valence-corrected chi connectivity index (χ4v) is 4.73. The molecule has 0 heterocycles. The number of nitrogens with one attached hydrogen (secondary N) is 2. The highest BCUT2D eigenvalue weighted by atomic mass is 16.5. The summed E-state index contributed by atoms with van der Waals surface area (Å²) in [6, 6.07) is 12.0. The number of benzene rings is 2. The Kier molecular flexibility index (Phi) is 12.2. The van der Waals surface area contributed by atoms with E-state index < -0.39 is 5.41 Å². The van der Waals surface area contributed by atoms with E-state index in [4.69, 9.17) is 18.9 Å². The zero-order valence-electron chi connectivity index (χ0n) is 23.9. The van der Waals surface area contributed by atoms with E-state index in [9.17, 15) is 10.1 Å². The standard InChI is InChI=1S/C30H43N3O5/c1-8-33-29(34)24-19-28(38-7)26(36-5)17-22(24)13-16-32-15-10-9-14-30(20-31,21(2)3)23-11-12-25(35-4)27(18-23)37-6/h11-12,17-19,21,32H,8-10,13-16H2,1-7H3,(H,33,34). The highest BCUT2D eigenvalue weighted by Crippen LogP contribution is 2.40. The van der Waals surface area contributed by atoms with Crippen molar-refractivity contribution in [3.8, 4) is 29.1 Å². The van der Waals surface area contributed by atoms with Crippen molar-refractivity contribution in [3.05, 3.63) is 47.0 Å². The Hall–Kier alpha value is -3.44. The summed E-state index contributed by atoms with van der Waals surface area (Å²) in [5.74, 6) is 2.43. The Morgan fingerprint density at radius 3 is 2.13 bits per heavy atom. The molecule has 0 aromatic heterocycles. The summed E-state index contributed by atoms with van der Waals surface area (Å²) >= 11 is 0. The van der Waals surface area contributed by atoms with Gasteiger partial charge in [-0.2, -0.15) is 5.26 Å². The van der Waals surface area contributed by atoms with Crippen LogP contribution in [0.3, 0.4) is 0 Å². The summed E-state index contributed by atoms with van der Waals surface area (Å²) in [6.07, 6.45) is 3.24. The molecule has 1 atom stereocenters. The van der Waals surface area contributed by atoms with Crippen molar-refractivity contribution in [2.75, 3.05) is 48.1 Å². The maximum Gasteiger partial charge on any atom is 0.251 e. The van der Waals surface area contributed by atoms with Gasteiger partial charge in [-0.1, -0.05) is 26.3 Å². The predicted molar refractivity (Wildman–Crippen MR) is 150 cm³/mol. The second-order valence-corrected chi connectivity index (χ2v) is 9.49. The molecule has 208 valence electrons. The van der Waals surface area contributed by atoms with Gasteiger partial charge in [0.15, 0.2) is 23.0 Å². The van der Waals surface area contributed by atoms with Gasteiger partial charge in [-0.15, -0.1) is 0 Å². The monoisotopic (exact) mass is 525 g/mol. The average Bonchev–Trinajstić information content (AvgIpc) is 2.93. The fraction of sp³-hybridized carbons (Fsp3) is 0.533. The lowest BCUT2D eigenvalue weighted by atomic mass is 9.69. The number of hydrogen-bond acceptors (Lipinski definition) is 7. The van der Waals surface area contributed by atoms with Crippen LogP contribution in [-0.2, 0) is 11.8 Å². The van der Waals surface area contributed by atoms with E-state index in [-0.39, 0.29) is 11.8 Å². The topological polar surface area (TPSA) is 102 Å². The van der Waals surface area contributed by atoms with Gasteiger partial charge in [0.25, 0.3) is 5.91 Å². The summed E-state index contributed by atoms with van der Waals surface area (Å²) in [6.45, 7) is 8.15. The lowest BCUT2D eigenvalue weighted by Gasteiger charge is -2.32. The second kappa shape index (κ2) is 15.1. The number of carbonyl (C=O) groups is 1. The molecule has 0 saturated carbocycles. The summed E-state index contributed by atoms with van der Waals surface area (Å²) in [4.78, 5) is 12.6. The molecule has 2 aromatic carbocycles. The Morgan fingerprint density at radius 1 is 0.921 bits per heavy atom. The van der Waals surface area contributed by atoms with E-state index in [0.717, 1.165) is 36.9 Å². The molecule has 8 heteroatoms. The Morgan fingerprint density at radius 2 is 1.55 bits per heavy atom. The van der Waals surface area contributed by atoms with Gasteiger partial charge in [-0.3, -0.25) is 4.79 Å². The van der Waals surface area contributed by atoms with Gasteiger partial charge in [-0.25, -0.2) is 0 Å². The molecule has 0 aliphatic rings. The van der Waals surface area contributed by atoms with Crippen molar-refractivity contribution >= 4 is 5.91 Å². The van der Waals surface area contributed by atoms with Crippen LogP contribution in [-0.4, -0.2) is 54.0 Å². The van der Waals surface area contributed by atoms with E-state index in [0.29, 0.717) is 48.1 Å². The molecule has 0 saturated heterocycles. The van der Waals surface area contributed by atoms with Crippen LogP contribution >= 0.6 is 0 Å². The van der Waals surface area contributed by atoms with Crippen LogP contribution in [0.15, 0.2) is 30.3 Å². The second-order valence-electron chi connectivity index (χ2n) is 9.49. The van der Waals surface area contributed by atoms with Crippen molar-refractivity contribution in [2.45, 2.75) is 51.9 Å². The van der Waals surface area contributed by atoms with Gasteiger partial charge in [0.05, 0.1) is 39.9 Å².